The van der Waals surface area contributed by atoms with Gasteiger partial charge in [-0.05, 0) is 13.8 Å². The van der Waals surface area contributed by atoms with Crippen molar-refractivity contribution in [3.63, 3.8) is 0 Å². The number of hydrogen-bond donors (Lipinski definition) is 0. The molecule has 0 saturated carbocycles. The van der Waals surface area contributed by atoms with Crippen LogP contribution in [0.3, 0.4) is 0 Å². The monoisotopic (exact) mass is 161 g/mol. The smallest absolute Gasteiger partial charge is 0.175 e. The zero-order valence-corrected chi connectivity index (χ0v) is 7.30. The van der Waals surface area contributed by atoms with Gasteiger partial charge in [-0.25, -0.2) is 0 Å². The van der Waals surface area contributed by atoms with E-state index in [1.165, 1.54) is 0 Å². The van der Waals surface area contributed by atoms with Crippen LogP contribution in [0.4, 0.5) is 0 Å². The summed E-state index contributed by atoms with van der Waals surface area (Å²) in [5.41, 5.74) is 0. The van der Waals surface area contributed by atoms with Crippen molar-refractivity contribution in [2.24, 2.45) is 0 Å². The SMILES string of the molecule is CCN1C=C[N+](Cl)(CC)C1. The molecule has 0 aromatic carbocycles. The van der Waals surface area contributed by atoms with Gasteiger partial charge in [-0.2, -0.15) is 4.00 Å². The van der Waals surface area contributed by atoms with Gasteiger partial charge in [-0.3, -0.25) is 0 Å². The molecule has 0 N–H and O–H groups in total. The van der Waals surface area contributed by atoms with Crippen molar-refractivity contribution in [2.75, 3.05) is 19.8 Å². The molecule has 0 aliphatic carbocycles. The van der Waals surface area contributed by atoms with Crippen LogP contribution in [0.1, 0.15) is 13.8 Å². The van der Waals surface area contributed by atoms with E-state index < -0.39 is 0 Å². The minimum Gasteiger partial charge on any atom is -0.325 e. The van der Waals surface area contributed by atoms with E-state index >= 15 is 0 Å². The summed E-state index contributed by atoms with van der Waals surface area (Å²) in [5, 5.41) is 0. The number of quaternary nitrogens is 1. The van der Waals surface area contributed by atoms with Gasteiger partial charge in [0.2, 0.25) is 0 Å². The molecular weight excluding hydrogens is 148 g/mol. The lowest BCUT2D eigenvalue weighted by Gasteiger charge is -2.21. The van der Waals surface area contributed by atoms with Crippen LogP contribution in [0.5, 0.6) is 0 Å². The molecular formula is C7H14ClN2+. The molecule has 0 bridgehead atoms. The molecule has 58 valence electrons. The molecule has 0 amide bonds. The van der Waals surface area contributed by atoms with Crippen LogP contribution in [0.2, 0.25) is 0 Å². The van der Waals surface area contributed by atoms with Crippen LogP contribution in [-0.4, -0.2) is 28.7 Å². The lowest BCUT2D eigenvalue weighted by molar-refractivity contribution is -0.761. The van der Waals surface area contributed by atoms with Crippen molar-refractivity contribution in [3.05, 3.63) is 12.4 Å². The van der Waals surface area contributed by atoms with Crippen molar-refractivity contribution < 1.29 is 4.00 Å². The first-order chi connectivity index (χ1) is 4.70. The molecule has 1 rings (SSSR count). The fraction of sp³-hybridized carbons (Fsp3) is 0.714. The second-order valence-corrected chi connectivity index (χ2v) is 3.26. The molecule has 1 aliphatic rings. The van der Waals surface area contributed by atoms with Crippen molar-refractivity contribution >= 4 is 11.8 Å². The Labute approximate surface area is 67.4 Å². The van der Waals surface area contributed by atoms with Crippen molar-refractivity contribution in [1.29, 1.82) is 0 Å². The van der Waals surface area contributed by atoms with Crippen molar-refractivity contribution in [3.8, 4) is 0 Å². The molecule has 0 fully saturated rings. The van der Waals surface area contributed by atoms with E-state index in [1.54, 1.807) is 0 Å². The lowest BCUT2D eigenvalue weighted by atomic mass is 10.6. The van der Waals surface area contributed by atoms with E-state index in [0.717, 1.165) is 19.8 Å². The Morgan fingerprint density at radius 3 is 2.60 bits per heavy atom. The van der Waals surface area contributed by atoms with Crippen LogP contribution in [0.15, 0.2) is 12.4 Å². The molecule has 0 saturated heterocycles. The maximum absolute atomic E-state index is 6.14. The van der Waals surface area contributed by atoms with Gasteiger partial charge < -0.3 is 4.90 Å². The third kappa shape index (κ3) is 1.44. The van der Waals surface area contributed by atoms with E-state index in [-0.39, 0.29) is 0 Å². The van der Waals surface area contributed by atoms with Gasteiger partial charge in [-0.15, -0.1) is 0 Å². The Kier molecular flexibility index (Phi) is 2.21. The number of halogens is 1. The summed E-state index contributed by atoms with van der Waals surface area (Å²) in [6.07, 6.45) is 4.10. The fourth-order valence-corrected chi connectivity index (χ4v) is 1.21. The van der Waals surface area contributed by atoms with Gasteiger partial charge in [0.25, 0.3) is 0 Å². The molecule has 0 aromatic heterocycles. The quantitative estimate of drug-likeness (QED) is 0.558. The lowest BCUT2D eigenvalue weighted by Crippen LogP contribution is -2.35. The first kappa shape index (κ1) is 7.89. The molecule has 2 nitrogen and oxygen atoms in total. The van der Waals surface area contributed by atoms with Crippen LogP contribution >= 0.6 is 11.8 Å². The molecule has 1 heterocycles. The van der Waals surface area contributed by atoms with E-state index in [0.29, 0.717) is 4.00 Å². The topological polar surface area (TPSA) is 3.24 Å². The summed E-state index contributed by atoms with van der Waals surface area (Å²) in [6.45, 7) is 7.13. The highest BCUT2D eigenvalue weighted by atomic mass is 35.5. The third-order valence-electron chi connectivity index (χ3n) is 1.89. The van der Waals surface area contributed by atoms with E-state index in [4.69, 9.17) is 11.8 Å². The highest BCUT2D eigenvalue weighted by Gasteiger charge is 2.27. The third-order valence-corrected chi connectivity index (χ3v) is 2.35. The Hall–Kier alpha value is -0.210. The largest absolute Gasteiger partial charge is 0.325 e. The Bertz CT molecular complexity index is 147. The molecule has 10 heavy (non-hydrogen) atoms. The maximum Gasteiger partial charge on any atom is 0.175 e. The average molecular weight is 162 g/mol. The summed E-state index contributed by atoms with van der Waals surface area (Å²) < 4.78 is 0.536. The fourth-order valence-electron chi connectivity index (χ4n) is 1.02. The second-order valence-electron chi connectivity index (χ2n) is 2.59. The van der Waals surface area contributed by atoms with Gasteiger partial charge in [0.05, 0.1) is 12.7 Å². The van der Waals surface area contributed by atoms with Crippen molar-refractivity contribution in [2.45, 2.75) is 13.8 Å². The predicted molar refractivity (Wildman–Crippen MR) is 43.0 cm³/mol. The predicted octanol–water partition coefficient (Wildman–Crippen LogP) is 1.74. The van der Waals surface area contributed by atoms with Crippen LogP contribution < -0.4 is 0 Å². The number of nitrogens with zero attached hydrogens (tertiary/aromatic N) is 2. The summed E-state index contributed by atoms with van der Waals surface area (Å²) in [7, 11) is 0. The van der Waals surface area contributed by atoms with E-state index in [9.17, 15) is 0 Å². The molecule has 0 radical (unpaired) electrons. The standard InChI is InChI=1S/C7H14ClN2/c1-3-9-5-6-10(8,4-2)7-9/h5-6H,3-4,7H2,1-2H3/q+1. The van der Waals surface area contributed by atoms with Crippen LogP contribution in [-0.2, 0) is 0 Å². The normalized spacial score (nSPS) is 31.7. The Balaban J connectivity index is 2.51. The number of rotatable bonds is 2. The van der Waals surface area contributed by atoms with Gasteiger partial charge in [0.15, 0.2) is 18.4 Å². The first-order valence-corrected chi connectivity index (χ1v) is 4.04. The highest BCUT2D eigenvalue weighted by Crippen LogP contribution is 2.20. The maximum atomic E-state index is 6.14. The molecule has 1 atom stereocenters. The molecule has 1 aliphatic heterocycles. The van der Waals surface area contributed by atoms with Gasteiger partial charge in [0.1, 0.15) is 6.20 Å². The molecule has 3 heteroatoms. The van der Waals surface area contributed by atoms with Gasteiger partial charge >= 0.3 is 0 Å². The Morgan fingerprint density at radius 1 is 1.60 bits per heavy atom. The average Bonchev–Trinajstić information content (AvgIpc) is 2.33. The van der Waals surface area contributed by atoms with Crippen molar-refractivity contribution in [1.82, 2.24) is 4.90 Å². The first-order valence-electron chi connectivity index (χ1n) is 3.70. The highest BCUT2D eigenvalue weighted by molar-refractivity contribution is 6.07. The van der Waals surface area contributed by atoms with E-state index in [1.807, 2.05) is 6.20 Å². The molecule has 0 spiro atoms. The molecule has 1 unspecified atom stereocenters. The van der Waals surface area contributed by atoms with Gasteiger partial charge in [-0.1, -0.05) is 0 Å². The summed E-state index contributed by atoms with van der Waals surface area (Å²) in [4.78, 5) is 2.20. The summed E-state index contributed by atoms with van der Waals surface area (Å²) >= 11 is 6.14. The minimum absolute atomic E-state index is 0.536. The minimum atomic E-state index is 0.536. The summed E-state index contributed by atoms with van der Waals surface area (Å²) in [5.74, 6) is 0. The van der Waals surface area contributed by atoms with Crippen LogP contribution in [0, 0.1) is 0 Å². The zero-order valence-electron chi connectivity index (χ0n) is 6.55. The summed E-state index contributed by atoms with van der Waals surface area (Å²) in [6, 6.07) is 0. The second kappa shape index (κ2) is 2.81. The molecule has 0 aromatic rings. The zero-order chi connectivity index (χ0) is 7.61. The van der Waals surface area contributed by atoms with E-state index in [2.05, 4.69) is 24.9 Å². The number of hydrogen-bond acceptors (Lipinski definition) is 1. The Morgan fingerprint density at radius 2 is 2.30 bits per heavy atom. The van der Waals surface area contributed by atoms with Crippen LogP contribution in [0.25, 0.3) is 0 Å². The van der Waals surface area contributed by atoms with Gasteiger partial charge in [0, 0.05) is 6.54 Å².